The number of hydrogen-bond donors (Lipinski definition) is 0. The molecule has 0 heterocycles. The van der Waals surface area contributed by atoms with Gasteiger partial charge in [0.2, 0.25) is 0 Å². The highest BCUT2D eigenvalue weighted by atomic mass is 16.6. The standard InChI is InChI=1S/C25H21NO6/c1-3-30-24(28)19-10-12-20(13-11-19)26-16-18-8-14-21(15-9-18)32-25(29)22-6-4-5-7-23(22)31-17(2)27/h4-16H,3H2,1-2H3. The third-order valence-electron chi connectivity index (χ3n) is 4.19. The zero-order valence-corrected chi connectivity index (χ0v) is 17.6. The van der Waals surface area contributed by atoms with Crippen LogP contribution in [0.5, 0.6) is 11.5 Å². The summed E-state index contributed by atoms with van der Waals surface area (Å²) in [6, 6.07) is 19.9. The van der Waals surface area contributed by atoms with Gasteiger partial charge in [-0.05, 0) is 73.2 Å². The summed E-state index contributed by atoms with van der Waals surface area (Å²) in [5.74, 6) is -1.05. The van der Waals surface area contributed by atoms with E-state index in [2.05, 4.69) is 4.99 Å². The van der Waals surface area contributed by atoms with Crippen LogP contribution in [-0.2, 0) is 9.53 Å². The van der Waals surface area contributed by atoms with Gasteiger partial charge < -0.3 is 14.2 Å². The number of para-hydroxylation sites is 1. The first-order valence-electron chi connectivity index (χ1n) is 9.87. The Balaban J connectivity index is 1.64. The van der Waals surface area contributed by atoms with Crippen LogP contribution in [0.4, 0.5) is 5.69 Å². The second-order valence-corrected chi connectivity index (χ2v) is 6.57. The van der Waals surface area contributed by atoms with E-state index in [1.165, 1.54) is 19.1 Å². The van der Waals surface area contributed by atoms with Gasteiger partial charge in [-0.3, -0.25) is 9.79 Å². The molecule has 7 heteroatoms. The number of ether oxygens (including phenoxy) is 3. The Morgan fingerprint density at radius 1 is 0.844 bits per heavy atom. The average Bonchev–Trinajstić information content (AvgIpc) is 2.79. The fraction of sp³-hybridized carbons (Fsp3) is 0.120. The Hall–Kier alpha value is -4.26. The largest absolute Gasteiger partial charge is 0.462 e. The molecule has 0 unspecified atom stereocenters. The number of aliphatic imine (C=N–C) groups is 1. The van der Waals surface area contributed by atoms with Crippen LogP contribution in [0.15, 0.2) is 77.8 Å². The molecule has 32 heavy (non-hydrogen) atoms. The molecule has 3 aromatic rings. The molecule has 0 aromatic heterocycles. The van der Waals surface area contributed by atoms with E-state index in [1.54, 1.807) is 73.8 Å². The van der Waals surface area contributed by atoms with Gasteiger partial charge in [-0.2, -0.15) is 0 Å². The molecule has 0 saturated heterocycles. The summed E-state index contributed by atoms with van der Waals surface area (Å²) in [5, 5.41) is 0. The van der Waals surface area contributed by atoms with Crippen LogP contribution < -0.4 is 9.47 Å². The fourth-order valence-electron chi connectivity index (χ4n) is 2.71. The maximum atomic E-state index is 12.5. The molecule has 0 spiro atoms. The summed E-state index contributed by atoms with van der Waals surface area (Å²) in [6.45, 7) is 3.34. The van der Waals surface area contributed by atoms with Crippen LogP contribution >= 0.6 is 0 Å². The number of esters is 3. The van der Waals surface area contributed by atoms with E-state index in [-0.39, 0.29) is 17.3 Å². The van der Waals surface area contributed by atoms with E-state index in [9.17, 15) is 14.4 Å². The quantitative estimate of drug-likeness (QED) is 0.304. The van der Waals surface area contributed by atoms with E-state index in [1.807, 2.05) is 0 Å². The van der Waals surface area contributed by atoms with Gasteiger partial charge in [0.1, 0.15) is 17.1 Å². The van der Waals surface area contributed by atoms with Crippen LogP contribution in [0.25, 0.3) is 0 Å². The van der Waals surface area contributed by atoms with Crippen molar-refractivity contribution < 1.29 is 28.6 Å². The van der Waals surface area contributed by atoms with Gasteiger partial charge in [0.15, 0.2) is 0 Å². The van der Waals surface area contributed by atoms with Gasteiger partial charge in [0.05, 0.1) is 17.9 Å². The Bertz CT molecular complexity index is 1130. The van der Waals surface area contributed by atoms with Crippen LogP contribution in [0.3, 0.4) is 0 Å². The Morgan fingerprint density at radius 2 is 1.53 bits per heavy atom. The summed E-state index contributed by atoms with van der Waals surface area (Å²) in [4.78, 5) is 39.7. The second kappa shape index (κ2) is 10.7. The molecule has 0 bridgehead atoms. The first kappa shape index (κ1) is 22.4. The van der Waals surface area contributed by atoms with Gasteiger partial charge in [-0.25, -0.2) is 9.59 Å². The predicted octanol–water partition coefficient (Wildman–Crippen LogP) is 4.76. The molecule has 0 aliphatic carbocycles. The lowest BCUT2D eigenvalue weighted by atomic mass is 10.2. The molecule has 0 saturated carbocycles. The summed E-state index contributed by atoms with van der Waals surface area (Å²) in [6.07, 6.45) is 1.65. The van der Waals surface area contributed by atoms with Crippen molar-refractivity contribution in [2.75, 3.05) is 6.61 Å². The summed E-state index contributed by atoms with van der Waals surface area (Å²) >= 11 is 0. The minimum absolute atomic E-state index is 0.141. The predicted molar refractivity (Wildman–Crippen MR) is 119 cm³/mol. The zero-order valence-electron chi connectivity index (χ0n) is 17.6. The molecule has 0 N–H and O–H groups in total. The first-order valence-corrected chi connectivity index (χ1v) is 9.87. The van der Waals surface area contributed by atoms with Gasteiger partial charge >= 0.3 is 17.9 Å². The molecule has 7 nitrogen and oxygen atoms in total. The van der Waals surface area contributed by atoms with E-state index in [0.29, 0.717) is 23.6 Å². The number of nitrogens with zero attached hydrogens (tertiary/aromatic N) is 1. The Labute approximate surface area is 185 Å². The molecule has 3 aromatic carbocycles. The summed E-state index contributed by atoms with van der Waals surface area (Å²) < 4.78 is 15.4. The average molecular weight is 431 g/mol. The summed E-state index contributed by atoms with van der Waals surface area (Å²) in [7, 11) is 0. The van der Waals surface area contributed by atoms with E-state index in [4.69, 9.17) is 14.2 Å². The number of carbonyl (C=O) groups is 3. The molecule has 0 fully saturated rings. The van der Waals surface area contributed by atoms with Crippen molar-refractivity contribution in [3.63, 3.8) is 0 Å². The van der Waals surface area contributed by atoms with Gasteiger partial charge in [-0.1, -0.05) is 12.1 Å². The van der Waals surface area contributed by atoms with Crippen molar-refractivity contribution in [1.82, 2.24) is 0 Å². The minimum atomic E-state index is -0.634. The van der Waals surface area contributed by atoms with Crippen molar-refractivity contribution in [2.24, 2.45) is 4.99 Å². The van der Waals surface area contributed by atoms with Crippen LogP contribution in [0, 0.1) is 0 Å². The fourth-order valence-corrected chi connectivity index (χ4v) is 2.71. The Morgan fingerprint density at radius 3 is 2.19 bits per heavy atom. The van der Waals surface area contributed by atoms with Gasteiger partial charge in [-0.15, -0.1) is 0 Å². The molecule has 3 rings (SSSR count). The Kier molecular flexibility index (Phi) is 7.48. The molecule has 162 valence electrons. The highest BCUT2D eigenvalue weighted by molar-refractivity contribution is 5.95. The lowest BCUT2D eigenvalue weighted by molar-refractivity contribution is -0.131. The monoisotopic (exact) mass is 431 g/mol. The van der Waals surface area contributed by atoms with E-state index in [0.717, 1.165) is 5.56 Å². The molecule has 0 radical (unpaired) electrons. The number of benzene rings is 3. The van der Waals surface area contributed by atoms with Crippen LogP contribution in [0.2, 0.25) is 0 Å². The van der Waals surface area contributed by atoms with Crippen molar-refractivity contribution in [2.45, 2.75) is 13.8 Å². The van der Waals surface area contributed by atoms with Crippen molar-refractivity contribution in [3.05, 3.63) is 89.5 Å². The molecular weight excluding hydrogens is 410 g/mol. The lowest BCUT2D eigenvalue weighted by Gasteiger charge is -2.08. The first-order chi connectivity index (χ1) is 15.5. The third kappa shape index (κ3) is 6.12. The van der Waals surface area contributed by atoms with Gasteiger partial charge in [0, 0.05) is 13.1 Å². The molecule has 0 amide bonds. The van der Waals surface area contributed by atoms with Gasteiger partial charge in [0.25, 0.3) is 0 Å². The number of rotatable bonds is 7. The smallest absolute Gasteiger partial charge is 0.347 e. The molecule has 0 aliphatic rings. The second-order valence-electron chi connectivity index (χ2n) is 6.57. The van der Waals surface area contributed by atoms with Crippen LogP contribution in [-0.4, -0.2) is 30.7 Å². The lowest BCUT2D eigenvalue weighted by Crippen LogP contribution is -2.12. The van der Waals surface area contributed by atoms with Crippen molar-refractivity contribution in [3.8, 4) is 11.5 Å². The van der Waals surface area contributed by atoms with Crippen LogP contribution in [0.1, 0.15) is 40.1 Å². The van der Waals surface area contributed by atoms with Crippen molar-refractivity contribution >= 4 is 29.8 Å². The van der Waals surface area contributed by atoms with E-state index < -0.39 is 11.9 Å². The molecule has 0 aliphatic heterocycles. The maximum absolute atomic E-state index is 12.5. The summed E-state index contributed by atoms with van der Waals surface area (Å²) in [5.41, 5.74) is 2.09. The normalized spacial score (nSPS) is 10.6. The minimum Gasteiger partial charge on any atom is -0.462 e. The molecular formula is C25H21NO6. The molecule has 0 atom stereocenters. The highest BCUT2D eigenvalue weighted by Gasteiger charge is 2.15. The zero-order chi connectivity index (χ0) is 22.9. The van der Waals surface area contributed by atoms with E-state index >= 15 is 0 Å². The van der Waals surface area contributed by atoms with Crippen molar-refractivity contribution in [1.29, 1.82) is 0 Å². The third-order valence-corrected chi connectivity index (χ3v) is 4.19. The number of hydrogen-bond acceptors (Lipinski definition) is 7. The SMILES string of the molecule is CCOC(=O)c1ccc(N=Cc2ccc(OC(=O)c3ccccc3OC(C)=O)cc2)cc1. The number of carbonyl (C=O) groups excluding carboxylic acids is 3. The maximum Gasteiger partial charge on any atom is 0.347 e. The topological polar surface area (TPSA) is 91.3 Å². The highest BCUT2D eigenvalue weighted by Crippen LogP contribution is 2.21.